The van der Waals surface area contributed by atoms with Crippen LogP contribution in [0.2, 0.25) is 0 Å². The standard InChI is InChI=1S/C12H22N2O3/c1-3-8(2)7-13-12(17)14-10(6-11(15)16)9-4-5-9/h8-10H,3-7H2,1-2H3,(H,15,16)(H2,13,14,17). The highest BCUT2D eigenvalue weighted by atomic mass is 16.4. The van der Waals surface area contributed by atoms with E-state index in [-0.39, 0.29) is 18.5 Å². The minimum absolute atomic E-state index is 0.0153. The molecule has 0 bridgehead atoms. The van der Waals surface area contributed by atoms with E-state index in [1.807, 2.05) is 0 Å². The van der Waals surface area contributed by atoms with Crippen molar-refractivity contribution in [1.29, 1.82) is 0 Å². The Balaban J connectivity index is 2.28. The lowest BCUT2D eigenvalue weighted by atomic mass is 10.1. The molecule has 1 fully saturated rings. The minimum atomic E-state index is -0.857. The number of aliphatic carboxylic acids is 1. The number of rotatable bonds is 7. The van der Waals surface area contributed by atoms with Crippen LogP contribution in [0.5, 0.6) is 0 Å². The summed E-state index contributed by atoms with van der Waals surface area (Å²) in [5, 5.41) is 14.3. The smallest absolute Gasteiger partial charge is 0.315 e. The quantitative estimate of drug-likeness (QED) is 0.634. The van der Waals surface area contributed by atoms with Crippen LogP contribution in [0.15, 0.2) is 0 Å². The Labute approximate surface area is 102 Å². The number of hydrogen-bond acceptors (Lipinski definition) is 2. The normalized spacial score (nSPS) is 18.2. The summed E-state index contributed by atoms with van der Waals surface area (Å²) in [6.07, 6.45) is 3.07. The van der Waals surface area contributed by atoms with Crippen LogP contribution in [-0.2, 0) is 4.79 Å². The number of hydrogen-bond donors (Lipinski definition) is 3. The van der Waals surface area contributed by atoms with Crippen LogP contribution >= 0.6 is 0 Å². The Bertz CT molecular complexity index is 277. The second-order valence-electron chi connectivity index (χ2n) is 4.91. The lowest BCUT2D eigenvalue weighted by Gasteiger charge is -2.17. The van der Waals surface area contributed by atoms with E-state index in [0.717, 1.165) is 19.3 Å². The molecule has 3 N–H and O–H groups in total. The maximum atomic E-state index is 11.6. The van der Waals surface area contributed by atoms with Crippen molar-refractivity contribution in [2.45, 2.75) is 45.6 Å². The Kier molecular flexibility index (Phi) is 5.25. The Hall–Kier alpha value is -1.26. The van der Waals surface area contributed by atoms with Gasteiger partial charge in [-0.2, -0.15) is 0 Å². The number of amides is 2. The summed E-state index contributed by atoms with van der Waals surface area (Å²) in [5.41, 5.74) is 0. The average molecular weight is 242 g/mol. The summed E-state index contributed by atoms with van der Waals surface area (Å²) >= 11 is 0. The van der Waals surface area contributed by atoms with E-state index in [1.54, 1.807) is 0 Å². The molecule has 0 aliphatic heterocycles. The first-order valence-electron chi connectivity index (χ1n) is 6.29. The molecule has 0 aromatic carbocycles. The van der Waals surface area contributed by atoms with Crippen LogP contribution in [0.1, 0.15) is 39.5 Å². The van der Waals surface area contributed by atoms with Gasteiger partial charge in [-0.05, 0) is 24.7 Å². The van der Waals surface area contributed by atoms with Crippen LogP contribution in [0.25, 0.3) is 0 Å². The van der Waals surface area contributed by atoms with E-state index in [0.29, 0.717) is 18.4 Å². The van der Waals surface area contributed by atoms with Gasteiger partial charge in [0.2, 0.25) is 0 Å². The Morgan fingerprint density at radius 2 is 2.06 bits per heavy atom. The number of nitrogens with one attached hydrogen (secondary N) is 2. The second kappa shape index (κ2) is 6.47. The van der Waals surface area contributed by atoms with Crippen LogP contribution in [0, 0.1) is 11.8 Å². The van der Waals surface area contributed by atoms with Crippen molar-refractivity contribution >= 4 is 12.0 Å². The highest BCUT2D eigenvalue weighted by Crippen LogP contribution is 2.33. The van der Waals surface area contributed by atoms with Crippen LogP contribution < -0.4 is 10.6 Å². The molecule has 0 aromatic rings. The largest absolute Gasteiger partial charge is 0.481 e. The van der Waals surface area contributed by atoms with E-state index in [2.05, 4.69) is 24.5 Å². The van der Waals surface area contributed by atoms with Crippen molar-refractivity contribution in [3.63, 3.8) is 0 Å². The van der Waals surface area contributed by atoms with Crippen LogP contribution in [0.3, 0.4) is 0 Å². The Morgan fingerprint density at radius 1 is 1.41 bits per heavy atom. The highest BCUT2D eigenvalue weighted by Gasteiger charge is 2.33. The van der Waals surface area contributed by atoms with Gasteiger partial charge in [-0.3, -0.25) is 4.79 Å². The minimum Gasteiger partial charge on any atom is -0.481 e. The van der Waals surface area contributed by atoms with E-state index in [4.69, 9.17) is 5.11 Å². The first-order chi connectivity index (χ1) is 8.02. The fraction of sp³-hybridized carbons (Fsp3) is 0.833. The van der Waals surface area contributed by atoms with E-state index in [9.17, 15) is 9.59 Å². The molecule has 0 spiro atoms. The molecule has 0 radical (unpaired) electrons. The number of carbonyl (C=O) groups excluding carboxylic acids is 1. The molecular weight excluding hydrogens is 220 g/mol. The topological polar surface area (TPSA) is 78.4 Å². The van der Waals surface area contributed by atoms with Gasteiger partial charge in [-0.25, -0.2) is 4.79 Å². The van der Waals surface area contributed by atoms with Crippen LogP contribution in [-0.4, -0.2) is 29.7 Å². The molecule has 2 amide bonds. The molecule has 2 atom stereocenters. The van der Waals surface area contributed by atoms with E-state index < -0.39 is 5.97 Å². The zero-order valence-corrected chi connectivity index (χ0v) is 10.5. The fourth-order valence-electron chi connectivity index (χ4n) is 1.65. The third-order valence-electron chi connectivity index (χ3n) is 3.21. The molecule has 0 aromatic heterocycles. The first kappa shape index (κ1) is 13.8. The van der Waals surface area contributed by atoms with Gasteiger partial charge in [0.05, 0.1) is 6.42 Å². The van der Waals surface area contributed by atoms with Crippen molar-refractivity contribution in [3.8, 4) is 0 Å². The van der Waals surface area contributed by atoms with Gasteiger partial charge in [0, 0.05) is 12.6 Å². The molecule has 5 heteroatoms. The molecular formula is C12H22N2O3. The molecule has 1 rings (SSSR count). The van der Waals surface area contributed by atoms with Gasteiger partial charge in [0.15, 0.2) is 0 Å². The van der Waals surface area contributed by atoms with E-state index >= 15 is 0 Å². The Morgan fingerprint density at radius 3 is 2.53 bits per heavy atom. The first-order valence-corrected chi connectivity index (χ1v) is 6.29. The third kappa shape index (κ3) is 5.56. The summed E-state index contributed by atoms with van der Waals surface area (Å²) in [6, 6.07) is -0.465. The number of carboxylic acids is 1. The second-order valence-corrected chi connectivity index (χ2v) is 4.91. The number of carboxylic acid groups (broad SMARTS) is 1. The molecule has 98 valence electrons. The summed E-state index contributed by atoms with van der Waals surface area (Å²) in [5.74, 6) is -0.0656. The van der Waals surface area contributed by atoms with Crippen LogP contribution in [0.4, 0.5) is 4.79 Å². The van der Waals surface area contributed by atoms with Crippen molar-refractivity contribution in [2.24, 2.45) is 11.8 Å². The number of urea groups is 1. The molecule has 17 heavy (non-hydrogen) atoms. The lowest BCUT2D eigenvalue weighted by Crippen LogP contribution is -2.45. The summed E-state index contributed by atoms with van der Waals surface area (Å²) in [6.45, 7) is 4.77. The zero-order chi connectivity index (χ0) is 12.8. The van der Waals surface area contributed by atoms with Gasteiger partial charge in [0.25, 0.3) is 0 Å². The summed E-state index contributed by atoms with van der Waals surface area (Å²) in [7, 11) is 0. The van der Waals surface area contributed by atoms with Crippen molar-refractivity contribution in [3.05, 3.63) is 0 Å². The number of carbonyl (C=O) groups is 2. The molecule has 2 unspecified atom stereocenters. The monoisotopic (exact) mass is 242 g/mol. The SMILES string of the molecule is CCC(C)CNC(=O)NC(CC(=O)O)C1CC1. The predicted octanol–water partition coefficient (Wildman–Crippen LogP) is 1.58. The third-order valence-corrected chi connectivity index (χ3v) is 3.21. The molecule has 1 saturated carbocycles. The molecule has 5 nitrogen and oxygen atoms in total. The van der Waals surface area contributed by atoms with Crippen molar-refractivity contribution < 1.29 is 14.7 Å². The lowest BCUT2D eigenvalue weighted by molar-refractivity contribution is -0.137. The predicted molar refractivity (Wildman–Crippen MR) is 64.8 cm³/mol. The van der Waals surface area contributed by atoms with Crippen molar-refractivity contribution in [2.75, 3.05) is 6.54 Å². The maximum absolute atomic E-state index is 11.6. The maximum Gasteiger partial charge on any atom is 0.315 e. The summed E-state index contributed by atoms with van der Waals surface area (Å²) in [4.78, 5) is 22.2. The fourth-order valence-corrected chi connectivity index (χ4v) is 1.65. The molecule has 1 aliphatic rings. The van der Waals surface area contributed by atoms with Gasteiger partial charge >= 0.3 is 12.0 Å². The average Bonchev–Trinajstić information content (AvgIpc) is 3.08. The molecule has 0 heterocycles. The highest BCUT2D eigenvalue weighted by molar-refractivity contribution is 5.75. The van der Waals surface area contributed by atoms with Gasteiger partial charge in [-0.1, -0.05) is 20.3 Å². The van der Waals surface area contributed by atoms with Crippen molar-refractivity contribution in [1.82, 2.24) is 10.6 Å². The van der Waals surface area contributed by atoms with E-state index in [1.165, 1.54) is 0 Å². The van der Waals surface area contributed by atoms with Gasteiger partial charge in [-0.15, -0.1) is 0 Å². The molecule has 1 aliphatic carbocycles. The van der Waals surface area contributed by atoms with Gasteiger partial charge < -0.3 is 15.7 Å². The molecule has 0 saturated heterocycles. The summed E-state index contributed by atoms with van der Waals surface area (Å²) < 4.78 is 0. The van der Waals surface area contributed by atoms with Gasteiger partial charge in [0.1, 0.15) is 0 Å². The zero-order valence-electron chi connectivity index (χ0n) is 10.5.